The van der Waals surface area contributed by atoms with E-state index in [4.69, 9.17) is 0 Å². The lowest BCUT2D eigenvalue weighted by Crippen LogP contribution is -1.68. The van der Waals surface area contributed by atoms with Crippen molar-refractivity contribution in [3.05, 3.63) is 42.7 Å². The molecular formula is C11H6NS. The molecule has 0 aliphatic rings. The van der Waals surface area contributed by atoms with Crippen LogP contribution in [0.3, 0.4) is 0 Å². The number of aromatic nitrogens is 1. The number of fused-ring (bicyclic) bond motifs is 3. The maximum absolute atomic E-state index is 4.02. The van der Waals surface area contributed by atoms with Crippen LogP contribution in [0.4, 0.5) is 0 Å². The van der Waals surface area contributed by atoms with Gasteiger partial charge in [-0.1, -0.05) is 18.2 Å². The standard InChI is InChI=1S/C11H6NS/c1-2-4-10-8(3-1)9-7-12-6-5-11(9)13-10/h1-5,7H. The zero-order valence-corrected chi connectivity index (χ0v) is 7.64. The van der Waals surface area contributed by atoms with Crippen molar-refractivity contribution in [2.24, 2.45) is 0 Å². The quantitative estimate of drug-likeness (QED) is 0.522. The molecule has 1 aromatic carbocycles. The summed E-state index contributed by atoms with van der Waals surface area (Å²) in [6.45, 7) is 0. The molecule has 0 amide bonds. The van der Waals surface area contributed by atoms with E-state index in [0.717, 1.165) is 0 Å². The SMILES string of the molecule is [c]1cc2sc3ccccc3c2cn1. The molecule has 3 rings (SSSR count). The van der Waals surface area contributed by atoms with Gasteiger partial charge in [0.05, 0.1) is 6.20 Å². The molecule has 0 spiro atoms. The second kappa shape index (κ2) is 2.54. The molecule has 61 valence electrons. The van der Waals surface area contributed by atoms with E-state index < -0.39 is 0 Å². The average Bonchev–Trinajstić information content (AvgIpc) is 2.56. The summed E-state index contributed by atoms with van der Waals surface area (Å²) in [6, 6.07) is 10.3. The third kappa shape index (κ3) is 0.956. The zero-order valence-electron chi connectivity index (χ0n) is 6.82. The van der Waals surface area contributed by atoms with Gasteiger partial charge in [-0.2, -0.15) is 0 Å². The van der Waals surface area contributed by atoms with Crippen molar-refractivity contribution in [1.29, 1.82) is 0 Å². The fraction of sp³-hybridized carbons (Fsp3) is 0. The first kappa shape index (κ1) is 7.04. The number of pyridine rings is 1. The van der Waals surface area contributed by atoms with Crippen LogP contribution in [0.25, 0.3) is 20.2 Å². The van der Waals surface area contributed by atoms with Gasteiger partial charge in [-0.25, -0.2) is 0 Å². The van der Waals surface area contributed by atoms with Crippen molar-refractivity contribution in [1.82, 2.24) is 4.98 Å². The molecule has 0 bridgehead atoms. The van der Waals surface area contributed by atoms with Crippen molar-refractivity contribution in [3.8, 4) is 0 Å². The lowest BCUT2D eigenvalue weighted by Gasteiger charge is -1.87. The van der Waals surface area contributed by atoms with Crippen LogP contribution in [-0.4, -0.2) is 4.98 Å². The molecule has 0 N–H and O–H groups in total. The van der Waals surface area contributed by atoms with Gasteiger partial charge in [-0.05, 0) is 12.1 Å². The predicted octanol–water partition coefficient (Wildman–Crippen LogP) is 3.25. The van der Waals surface area contributed by atoms with Crippen LogP contribution in [0.15, 0.2) is 36.5 Å². The summed E-state index contributed by atoms with van der Waals surface area (Å²) >= 11 is 1.79. The number of thiophene rings is 1. The number of rotatable bonds is 0. The molecule has 0 saturated carbocycles. The topological polar surface area (TPSA) is 12.9 Å². The maximum atomic E-state index is 4.02. The number of hydrogen-bond donors (Lipinski definition) is 0. The molecule has 0 saturated heterocycles. The van der Waals surface area contributed by atoms with Crippen molar-refractivity contribution >= 4 is 31.5 Å². The molecular weight excluding hydrogens is 178 g/mol. The summed E-state index contributed by atoms with van der Waals surface area (Å²) in [5, 5.41) is 2.53. The van der Waals surface area contributed by atoms with Crippen LogP contribution in [0, 0.1) is 6.20 Å². The first-order chi connectivity index (χ1) is 6.45. The van der Waals surface area contributed by atoms with E-state index in [1.807, 2.05) is 12.3 Å². The van der Waals surface area contributed by atoms with Crippen molar-refractivity contribution in [2.75, 3.05) is 0 Å². The Bertz CT molecular complexity index is 518. The molecule has 2 heterocycles. The number of nitrogens with zero attached hydrogens (tertiary/aromatic N) is 1. The zero-order chi connectivity index (χ0) is 8.67. The minimum atomic E-state index is 1.24. The summed E-state index contributed by atoms with van der Waals surface area (Å²) in [5.41, 5.74) is 0. The predicted molar refractivity (Wildman–Crippen MR) is 56.0 cm³/mol. The van der Waals surface area contributed by atoms with E-state index in [0.29, 0.717) is 0 Å². The second-order valence-electron chi connectivity index (χ2n) is 2.91. The lowest BCUT2D eigenvalue weighted by atomic mass is 10.2. The van der Waals surface area contributed by atoms with Crippen LogP contribution < -0.4 is 0 Å². The van der Waals surface area contributed by atoms with Gasteiger partial charge in [0.1, 0.15) is 0 Å². The van der Waals surface area contributed by atoms with Crippen molar-refractivity contribution < 1.29 is 0 Å². The molecule has 0 aliphatic carbocycles. The number of hydrogen-bond acceptors (Lipinski definition) is 2. The highest BCUT2D eigenvalue weighted by Crippen LogP contribution is 2.32. The van der Waals surface area contributed by atoms with Gasteiger partial charge >= 0.3 is 0 Å². The summed E-state index contributed by atoms with van der Waals surface area (Å²) in [4.78, 5) is 4.02. The van der Waals surface area contributed by atoms with Gasteiger partial charge in [0.15, 0.2) is 0 Å². The Labute approximate surface area is 79.7 Å². The smallest absolute Gasteiger partial charge is 0.0901 e. The fourth-order valence-electron chi connectivity index (χ4n) is 1.52. The Balaban J connectivity index is 2.64. The molecule has 0 atom stereocenters. The molecule has 13 heavy (non-hydrogen) atoms. The van der Waals surface area contributed by atoms with Gasteiger partial charge < -0.3 is 0 Å². The highest BCUT2D eigenvalue weighted by atomic mass is 32.1. The minimum absolute atomic E-state index is 1.24. The first-order valence-electron chi connectivity index (χ1n) is 4.08. The minimum Gasteiger partial charge on any atom is -0.254 e. The molecule has 3 aromatic rings. The summed E-state index contributed by atoms with van der Waals surface area (Å²) < 4.78 is 2.58. The van der Waals surface area contributed by atoms with Gasteiger partial charge in [0, 0.05) is 26.4 Å². The van der Waals surface area contributed by atoms with E-state index in [2.05, 4.69) is 35.4 Å². The van der Waals surface area contributed by atoms with Crippen LogP contribution in [0.1, 0.15) is 0 Å². The summed E-state index contributed by atoms with van der Waals surface area (Å²) in [6.07, 6.45) is 4.74. The van der Waals surface area contributed by atoms with Gasteiger partial charge in [0.2, 0.25) is 0 Å². The third-order valence-corrected chi connectivity index (χ3v) is 3.26. The van der Waals surface area contributed by atoms with Crippen molar-refractivity contribution in [3.63, 3.8) is 0 Å². The highest BCUT2D eigenvalue weighted by molar-refractivity contribution is 7.25. The molecule has 2 aromatic heterocycles. The Kier molecular flexibility index (Phi) is 1.37. The van der Waals surface area contributed by atoms with Gasteiger partial charge in [-0.15, -0.1) is 11.3 Å². The van der Waals surface area contributed by atoms with E-state index in [1.54, 1.807) is 11.3 Å². The van der Waals surface area contributed by atoms with E-state index in [-0.39, 0.29) is 0 Å². The molecule has 2 heteroatoms. The largest absolute Gasteiger partial charge is 0.254 e. The summed E-state index contributed by atoms with van der Waals surface area (Å²) in [7, 11) is 0. The van der Waals surface area contributed by atoms with Crippen molar-refractivity contribution in [2.45, 2.75) is 0 Å². The Morgan fingerprint density at radius 3 is 3.00 bits per heavy atom. The maximum Gasteiger partial charge on any atom is 0.0901 e. The molecule has 1 nitrogen and oxygen atoms in total. The van der Waals surface area contributed by atoms with Crippen LogP contribution in [-0.2, 0) is 0 Å². The summed E-state index contributed by atoms with van der Waals surface area (Å²) in [5.74, 6) is 0. The fourth-order valence-corrected chi connectivity index (χ4v) is 2.58. The monoisotopic (exact) mass is 184 g/mol. The molecule has 0 aliphatic heterocycles. The van der Waals surface area contributed by atoms with E-state index in [1.165, 1.54) is 20.2 Å². The van der Waals surface area contributed by atoms with E-state index >= 15 is 0 Å². The second-order valence-corrected chi connectivity index (χ2v) is 3.99. The molecule has 0 unspecified atom stereocenters. The van der Waals surface area contributed by atoms with Crippen LogP contribution in [0.5, 0.6) is 0 Å². The Morgan fingerprint density at radius 1 is 1.08 bits per heavy atom. The molecule has 1 radical (unpaired) electrons. The molecule has 0 fully saturated rings. The van der Waals surface area contributed by atoms with Gasteiger partial charge in [0.25, 0.3) is 0 Å². The third-order valence-electron chi connectivity index (χ3n) is 2.13. The lowest BCUT2D eigenvalue weighted by molar-refractivity contribution is 1.35. The van der Waals surface area contributed by atoms with Crippen LogP contribution in [0.2, 0.25) is 0 Å². The first-order valence-corrected chi connectivity index (χ1v) is 4.90. The average molecular weight is 184 g/mol. The highest BCUT2D eigenvalue weighted by Gasteiger charge is 2.02. The van der Waals surface area contributed by atoms with Crippen LogP contribution >= 0.6 is 11.3 Å². The number of benzene rings is 1. The van der Waals surface area contributed by atoms with Gasteiger partial charge in [-0.3, -0.25) is 4.98 Å². The van der Waals surface area contributed by atoms with E-state index in [9.17, 15) is 0 Å². The Hall–Kier alpha value is -1.41. The normalized spacial score (nSPS) is 11.1. The Morgan fingerprint density at radius 2 is 2.00 bits per heavy atom.